The number of hydrogen-bond donors (Lipinski definition) is 1. The zero-order valence-electron chi connectivity index (χ0n) is 19.2. The van der Waals surface area contributed by atoms with Gasteiger partial charge in [0.25, 0.3) is 0 Å². The molecule has 0 saturated carbocycles. The molecule has 0 amide bonds. The number of nitrogens with two attached hydrogens (primary N) is 1. The lowest BCUT2D eigenvalue weighted by Crippen LogP contribution is -2.26. The largest absolute Gasteiger partial charge is 0.439 e. The maximum Gasteiger partial charge on any atom is 0.344 e. The molecule has 7 heteroatoms. The van der Waals surface area contributed by atoms with Crippen LogP contribution >= 0.6 is 11.8 Å². The number of rotatable bonds is 3. The van der Waals surface area contributed by atoms with Gasteiger partial charge < -0.3 is 14.9 Å². The fourth-order valence-corrected chi connectivity index (χ4v) is 5.50. The van der Waals surface area contributed by atoms with E-state index >= 15 is 0 Å². The van der Waals surface area contributed by atoms with Gasteiger partial charge in [-0.25, -0.2) is 9.78 Å². The Kier molecular flexibility index (Phi) is 5.24. The average molecular weight is 490 g/mol. The number of ether oxygens (including phenoxy) is 1. The number of para-hydroxylation sites is 1. The quantitative estimate of drug-likeness (QED) is 0.309. The Labute approximate surface area is 210 Å². The molecular weight excluding hydrogens is 470 g/mol. The van der Waals surface area contributed by atoms with Crippen LogP contribution in [0.2, 0.25) is 0 Å². The molecule has 3 aromatic carbocycles. The first-order valence-electron chi connectivity index (χ1n) is 11.3. The van der Waals surface area contributed by atoms with Crippen LogP contribution in [0.4, 0.5) is 0 Å². The van der Waals surface area contributed by atoms with Crippen molar-refractivity contribution in [3.63, 3.8) is 0 Å². The first-order valence-corrected chi connectivity index (χ1v) is 12.1. The van der Waals surface area contributed by atoms with E-state index in [1.165, 1.54) is 11.8 Å². The Balaban J connectivity index is 1.68. The molecule has 0 spiro atoms. The number of hydrogen-bond acceptors (Lipinski definition) is 7. The minimum atomic E-state index is -0.803. The molecule has 1 unspecified atom stereocenters. The van der Waals surface area contributed by atoms with E-state index in [1.54, 1.807) is 6.07 Å². The molecule has 2 N–H and O–H groups in total. The molecule has 6 rings (SSSR count). The van der Waals surface area contributed by atoms with Crippen LogP contribution in [0.1, 0.15) is 22.6 Å². The third kappa shape index (κ3) is 3.60. The second-order valence-electron chi connectivity index (χ2n) is 8.55. The monoisotopic (exact) mass is 489 g/mol. The topological polar surface area (TPSA) is 102 Å². The minimum absolute atomic E-state index is 0.0350. The molecule has 5 aromatic rings. The predicted molar refractivity (Wildman–Crippen MR) is 139 cm³/mol. The molecule has 0 radical (unpaired) electrons. The van der Waals surface area contributed by atoms with E-state index in [2.05, 4.69) is 6.07 Å². The Morgan fingerprint density at radius 1 is 1.03 bits per heavy atom. The molecule has 1 aliphatic rings. The van der Waals surface area contributed by atoms with E-state index in [4.69, 9.17) is 19.9 Å². The molecule has 2 aromatic heterocycles. The summed E-state index contributed by atoms with van der Waals surface area (Å²) in [5.41, 5.74) is 8.98. The van der Waals surface area contributed by atoms with Gasteiger partial charge in [0.05, 0.1) is 22.4 Å². The zero-order chi connectivity index (χ0) is 24.8. The molecule has 36 heavy (non-hydrogen) atoms. The molecule has 0 fully saturated rings. The van der Waals surface area contributed by atoms with Gasteiger partial charge >= 0.3 is 5.63 Å². The van der Waals surface area contributed by atoms with Gasteiger partial charge in [-0.3, -0.25) is 0 Å². The lowest BCUT2D eigenvalue weighted by Gasteiger charge is -2.27. The zero-order valence-corrected chi connectivity index (χ0v) is 20.0. The second kappa shape index (κ2) is 8.59. The number of aromatic nitrogens is 1. The van der Waals surface area contributed by atoms with E-state index in [1.807, 2.05) is 79.7 Å². The Morgan fingerprint density at radius 3 is 2.61 bits per heavy atom. The van der Waals surface area contributed by atoms with E-state index < -0.39 is 11.5 Å². The van der Waals surface area contributed by atoms with Gasteiger partial charge in [-0.2, -0.15) is 5.26 Å². The minimum Gasteiger partial charge on any atom is -0.439 e. The standard InChI is InChI=1S/C29H19N3O3S/c1-16-11-12-23-19(13-16)26-25(29(33)34-23)24(21(15-30)27(31)35-26)20-14-17-7-5-6-10-22(17)32-28(20)36-18-8-3-2-4-9-18/h2-14,24H,31H2,1H3. The third-order valence-electron chi connectivity index (χ3n) is 6.21. The van der Waals surface area contributed by atoms with Crippen LogP contribution in [-0.4, -0.2) is 4.98 Å². The van der Waals surface area contributed by atoms with Crippen LogP contribution in [0, 0.1) is 18.3 Å². The summed E-state index contributed by atoms with van der Waals surface area (Å²) in [5, 5.41) is 12.3. The fraction of sp³-hybridized carbons (Fsp3) is 0.0690. The average Bonchev–Trinajstić information content (AvgIpc) is 2.89. The Bertz CT molecular complexity index is 1800. The van der Waals surface area contributed by atoms with Crippen LogP contribution in [0.5, 0.6) is 5.75 Å². The number of fused-ring (bicyclic) bond motifs is 4. The summed E-state index contributed by atoms with van der Waals surface area (Å²) >= 11 is 1.47. The smallest absolute Gasteiger partial charge is 0.344 e. The number of nitriles is 1. The van der Waals surface area contributed by atoms with E-state index in [0.29, 0.717) is 27.3 Å². The Hall–Kier alpha value is -4.54. The molecule has 3 heterocycles. The highest BCUT2D eigenvalue weighted by Gasteiger charge is 2.37. The van der Waals surface area contributed by atoms with Gasteiger partial charge in [-0.05, 0) is 48.9 Å². The van der Waals surface area contributed by atoms with Crippen LogP contribution in [0.3, 0.4) is 0 Å². The molecule has 6 nitrogen and oxygen atoms in total. The maximum absolute atomic E-state index is 13.4. The summed E-state index contributed by atoms with van der Waals surface area (Å²) in [7, 11) is 0. The van der Waals surface area contributed by atoms with Crippen LogP contribution in [0.25, 0.3) is 21.9 Å². The van der Waals surface area contributed by atoms with Crippen LogP contribution in [0.15, 0.2) is 109 Å². The summed E-state index contributed by atoms with van der Waals surface area (Å²) < 4.78 is 11.6. The summed E-state index contributed by atoms with van der Waals surface area (Å²) in [6.07, 6.45) is 0. The number of nitrogens with zero attached hydrogens (tertiary/aromatic N) is 2. The summed E-state index contributed by atoms with van der Waals surface area (Å²) in [4.78, 5) is 19.3. The van der Waals surface area contributed by atoms with Crippen LogP contribution in [-0.2, 0) is 0 Å². The van der Waals surface area contributed by atoms with Crippen molar-refractivity contribution in [2.75, 3.05) is 0 Å². The molecular formula is C29H19N3O3S. The van der Waals surface area contributed by atoms with Crippen molar-refractivity contribution < 1.29 is 9.15 Å². The molecule has 0 bridgehead atoms. The maximum atomic E-state index is 13.4. The molecule has 174 valence electrons. The number of aryl methyl sites for hydroxylation is 1. The summed E-state index contributed by atoms with van der Waals surface area (Å²) in [6.45, 7) is 1.94. The Morgan fingerprint density at radius 2 is 1.81 bits per heavy atom. The highest BCUT2D eigenvalue weighted by molar-refractivity contribution is 7.99. The highest BCUT2D eigenvalue weighted by atomic mass is 32.2. The number of benzene rings is 3. The summed E-state index contributed by atoms with van der Waals surface area (Å²) in [5.74, 6) is -0.522. The predicted octanol–water partition coefficient (Wildman–Crippen LogP) is 6.02. The van der Waals surface area contributed by atoms with Crippen molar-refractivity contribution in [1.29, 1.82) is 5.26 Å². The third-order valence-corrected chi connectivity index (χ3v) is 7.24. The molecule has 1 aliphatic heterocycles. The van der Waals surface area contributed by atoms with Gasteiger partial charge in [0.1, 0.15) is 22.3 Å². The normalized spacial score (nSPS) is 14.9. The SMILES string of the molecule is Cc1ccc2oc(=O)c3c(c2c1)OC(N)=C(C#N)C3c1cc2ccccc2nc1Sc1ccccc1. The van der Waals surface area contributed by atoms with Crippen molar-refractivity contribution in [3.8, 4) is 11.8 Å². The van der Waals surface area contributed by atoms with Crippen molar-refractivity contribution in [2.24, 2.45) is 5.73 Å². The van der Waals surface area contributed by atoms with Crippen molar-refractivity contribution in [1.82, 2.24) is 4.98 Å². The van der Waals surface area contributed by atoms with Gasteiger partial charge in [-0.15, -0.1) is 0 Å². The van der Waals surface area contributed by atoms with Crippen molar-refractivity contribution >= 4 is 33.6 Å². The van der Waals surface area contributed by atoms with Crippen molar-refractivity contribution in [3.05, 3.63) is 117 Å². The molecule has 0 saturated heterocycles. The lowest BCUT2D eigenvalue weighted by molar-refractivity contribution is 0.387. The highest BCUT2D eigenvalue weighted by Crippen LogP contribution is 2.47. The van der Waals surface area contributed by atoms with Gasteiger partial charge in [0.15, 0.2) is 5.75 Å². The van der Waals surface area contributed by atoms with Gasteiger partial charge in [0, 0.05) is 10.3 Å². The van der Waals surface area contributed by atoms with Crippen LogP contribution < -0.4 is 16.1 Å². The number of allylic oxidation sites excluding steroid dienone is 1. The second-order valence-corrected chi connectivity index (χ2v) is 9.61. The summed E-state index contributed by atoms with van der Waals surface area (Å²) in [6, 6.07) is 27.2. The first kappa shape index (κ1) is 22.0. The van der Waals surface area contributed by atoms with Crippen molar-refractivity contribution in [2.45, 2.75) is 22.8 Å². The lowest BCUT2D eigenvalue weighted by atomic mass is 9.84. The fourth-order valence-electron chi connectivity index (χ4n) is 4.55. The molecule has 1 atom stereocenters. The van der Waals surface area contributed by atoms with E-state index in [-0.39, 0.29) is 17.0 Å². The number of pyridine rings is 1. The molecule has 0 aliphatic carbocycles. The first-order chi connectivity index (χ1) is 17.5. The van der Waals surface area contributed by atoms with E-state index in [9.17, 15) is 10.1 Å². The van der Waals surface area contributed by atoms with Gasteiger partial charge in [-0.1, -0.05) is 59.8 Å². The van der Waals surface area contributed by atoms with Gasteiger partial charge in [0.2, 0.25) is 5.88 Å². The van der Waals surface area contributed by atoms with E-state index in [0.717, 1.165) is 21.4 Å².